The maximum Gasteiger partial charge on any atom is 0.185 e. The first-order valence-electron chi connectivity index (χ1n) is 8.69. The quantitative estimate of drug-likeness (QED) is 0.662. The predicted octanol–water partition coefficient (Wildman–Crippen LogP) is 4.60. The molecule has 0 amide bonds. The number of hydrogen-bond acceptors (Lipinski definition) is 5. The van der Waals surface area contributed by atoms with Gasteiger partial charge in [-0.25, -0.2) is 9.67 Å². The van der Waals surface area contributed by atoms with Gasteiger partial charge in [0, 0.05) is 0 Å². The van der Waals surface area contributed by atoms with Crippen LogP contribution >= 0.6 is 0 Å². The molecule has 0 aliphatic carbocycles. The molecule has 0 radical (unpaired) electrons. The Labute approximate surface area is 163 Å². The SMILES string of the molecule is COc1ccc(C=Cc2nc(-c3ccccc3O)nn2C(C#N)=C(C)C)cc1. The summed E-state index contributed by atoms with van der Waals surface area (Å²) in [7, 11) is 1.62. The van der Waals surface area contributed by atoms with Crippen molar-refractivity contribution in [3.63, 3.8) is 0 Å². The number of hydrogen-bond donors (Lipinski definition) is 1. The molecule has 1 aromatic heterocycles. The molecule has 0 aliphatic rings. The first-order chi connectivity index (χ1) is 13.5. The van der Waals surface area contributed by atoms with Crippen LogP contribution in [0.1, 0.15) is 25.2 Å². The van der Waals surface area contributed by atoms with Crippen molar-refractivity contribution in [2.75, 3.05) is 7.11 Å². The highest BCUT2D eigenvalue weighted by atomic mass is 16.5. The molecule has 0 atom stereocenters. The lowest BCUT2D eigenvalue weighted by Crippen LogP contribution is -2.02. The molecular formula is C22H20N4O2. The van der Waals surface area contributed by atoms with Crippen molar-refractivity contribution in [2.45, 2.75) is 13.8 Å². The monoisotopic (exact) mass is 372 g/mol. The van der Waals surface area contributed by atoms with E-state index >= 15 is 0 Å². The third-order valence-corrected chi connectivity index (χ3v) is 4.11. The Morgan fingerprint density at radius 1 is 1.11 bits per heavy atom. The van der Waals surface area contributed by atoms with Crippen LogP contribution in [0.4, 0.5) is 0 Å². The summed E-state index contributed by atoms with van der Waals surface area (Å²) < 4.78 is 6.67. The predicted molar refractivity (Wildman–Crippen MR) is 109 cm³/mol. The van der Waals surface area contributed by atoms with Gasteiger partial charge in [-0.15, -0.1) is 5.10 Å². The second-order valence-electron chi connectivity index (χ2n) is 6.29. The van der Waals surface area contributed by atoms with Gasteiger partial charge < -0.3 is 9.84 Å². The van der Waals surface area contributed by atoms with E-state index in [-0.39, 0.29) is 5.75 Å². The van der Waals surface area contributed by atoms with Gasteiger partial charge in [0.1, 0.15) is 23.3 Å². The van der Waals surface area contributed by atoms with Gasteiger partial charge in [0.15, 0.2) is 11.6 Å². The molecule has 3 rings (SSSR count). The highest BCUT2D eigenvalue weighted by Crippen LogP contribution is 2.27. The van der Waals surface area contributed by atoms with E-state index in [1.165, 1.54) is 4.68 Å². The van der Waals surface area contributed by atoms with E-state index in [4.69, 9.17) is 4.74 Å². The summed E-state index contributed by atoms with van der Waals surface area (Å²) in [6, 6.07) is 16.6. The Morgan fingerprint density at radius 2 is 1.82 bits per heavy atom. The Hall–Kier alpha value is -3.85. The van der Waals surface area contributed by atoms with E-state index in [1.54, 1.807) is 37.5 Å². The van der Waals surface area contributed by atoms with Crippen LogP contribution in [0.2, 0.25) is 0 Å². The highest BCUT2D eigenvalue weighted by Gasteiger charge is 2.16. The summed E-state index contributed by atoms with van der Waals surface area (Å²) in [5, 5.41) is 24.2. The lowest BCUT2D eigenvalue weighted by Gasteiger charge is -2.03. The summed E-state index contributed by atoms with van der Waals surface area (Å²) in [6.07, 6.45) is 3.67. The summed E-state index contributed by atoms with van der Waals surface area (Å²) >= 11 is 0. The zero-order valence-corrected chi connectivity index (χ0v) is 15.9. The number of para-hydroxylation sites is 1. The topological polar surface area (TPSA) is 84.0 Å². The number of methoxy groups -OCH3 is 1. The fourth-order valence-electron chi connectivity index (χ4n) is 2.63. The Bertz CT molecular complexity index is 1080. The number of phenolic OH excluding ortho intramolecular Hbond substituents is 1. The smallest absolute Gasteiger partial charge is 0.185 e. The lowest BCUT2D eigenvalue weighted by molar-refractivity contribution is 0.415. The van der Waals surface area contributed by atoms with Gasteiger partial charge in [0.25, 0.3) is 0 Å². The van der Waals surface area contributed by atoms with Gasteiger partial charge in [-0.05, 0) is 55.3 Å². The van der Waals surface area contributed by atoms with Crippen LogP contribution in [0.25, 0.3) is 29.2 Å². The number of nitrogens with zero attached hydrogens (tertiary/aromatic N) is 4. The molecule has 0 saturated heterocycles. The molecule has 0 fully saturated rings. The van der Waals surface area contributed by atoms with Crippen molar-refractivity contribution in [3.05, 3.63) is 65.5 Å². The number of aromatic hydroxyl groups is 1. The van der Waals surface area contributed by atoms with Gasteiger partial charge in [0.05, 0.1) is 12.7 Å². The van der Waals surface area contributed by atoms with Crippen molar-refractivity contribution in [3.8, 4) is 29.0 Å². The van der Waals surface area contributed by atoms with Crippen molar-refractivity contribution in [1.82, 2.24) is 14.8 Å². The molecule has 2 aromatic carbocycles. The Kier molecular flexibility index (Phi) is 5.56. The summed E-state index contributed by atoms with van der Waals surface area (Å²) in [4.78, 5) is 4.54. The molecule has 6 nitrogen and oxygen atoms in total. The van der Waals surface area contributed by atoms with Gasteiger partial charge >= 0.3 is 0 Å². The van der Waals surface area contributed by atoms with E-state index in [0.29, 0.717) is 22.9 Å². The van der Waals surface area contributed by atoms with Gasteiger partial charge in [-0.1, -0.05) is 30.3 Å². The standard InChI is InChI=1S/C22H20N4O2/c1-15(2)19(14-23)26-21(13-10-16-8-11-17(28-3)12-9-16)24-22(25-26)18-6-4-5-7-20(18)27/h4-13,27H,1-3H3. The van der Waals surface area contributed by atoms with E-state index in [2.05, 4.69) is 16.2 Å². The summed E-state index contributed by atoms with van der Waals surface area (Å²) in [5.74, 6) is 1.70. The zero-order valence-electron chi connectivity index (χ0n) is 15.9. The van der Waals surface area contributed by atoms with Gasteiger partial charge in [-0.3, -0.25) is 0 Å². The van der Waals surface area contributed by atoms with Crippen LogP contribution in [0.5, 0.6) is 11.5 Å². The van der Waals surface area contributed by atoms with Crippen molar-refractivity contribution < 1.29 is 9.84 Å². The fourth-order valence-corrected chi connectivity index (χ4v) is 2.63. The van der Waals surface area contributed by atoms with Crippen LogP contribution in [0.15, 0.2) is 54.1 Å². The van der Waals surface area contributed by atoms with Crippen LogP contribution in [0.3, 0.4) is 0 Å². The van der Waals surface area contributed by atoms with Crippen LogP contribution in [0, 0.1) is 11.3 Å². The van der Waals surface area contributed by atoms with E-state index in [1.807, 2.05) is 44.2 Å². The summed E-state index contributed by atoms with van der Waals surface area (Å²) in [6.45, 7) is 3.69. The number of aromatic nitrogens is 3. The minimum atomic E-state index is 0.0843. The molecule has 1 heterocycles. The first-order valence-corrected chi connectivity index (χ1v) is 8.69. The molecule has 0 unspecified atom stereocenters. The average molecular weight is 372 g/mol. The number of phenols is 1. The molecule has 3 aromatic rings. The van der Waals surface area contributed by atoms with Crippen LogP contribution in [-0.2, 0) is 0 Å². The lowest BCUT2D eigenvalue weighted by atomic mass is 10.2. The third-order valence-electron chi connectivity index (χ3n) is 4.11. The molecule has 0 aliphatic heterocycles. The molecule has 6 heteroatoms. The molecule has 0 bridgehead atoms. The van der Waals surface area contributed by atoms with Crippen LogP contribution in [-0.4, -0.2) is 27.0 Å². The van der Waals surface area contributed by atoms with Gasteiger partial charge in [-0.2, -0.15) is 5.26 Å². The average Bonchev–Trinajstić information content (AvgIpc) is 3.11. The molecule has 0 spiro atoms. The van der Waals surface area contributed by atoms with Gasteiger partial charge in [0.2, 0.25) is 0 Å². The fraction of sp³-hybridized carbons (Fsp3) is 0.136. The minimum Gasteiger partial charge on any atom is -0.507 e. The normalized spacial score (nSPS) is 10.6. The van der Waals surface area contributed by atoms with E-state index in [9.17, 15) is 10.4 Å². The number of ether oxygens (including phenoxy) is 1. The Balaban J connectivity index is 2.07. The van der Waals surface area contributed by atoms with Crippen LogP contribution < -0.4 is 4.74 Å². The minimum absolute atomic E-state index is 0.0843. The maximum atomic E-state index is 10.1. The highest BCUT2D eigenvalue weighted by molar-refractivity contribution is 5.73. The zero-order chi connectivity index (χ0) is 20.1. The molecular weight excluding hydrogens is 352 g/mol. The number of rotatable bonds is 5. The number of nitriles is 1. The Morgan fingerprint density at radius 3 is 2.43 bits per heavy atom. The molecule has 1 N–H and O–H groups in total. The van der Waals surface area contributed by atoms with Crippen molar-refractivity contribution in [1.29, 1.82) is 5.26 Å². The second kappa shape index (κ2) is 8.23. The van der Waals surface area contributed by atoms with Crippen molar-refractivity contribution in [2.24, 2.45) is 0 Å². The maximum absolute atomic E-state index is 10.1. The molecule has 28 heavy (non-hydrogen) atoms. The van der Waals surface area contributed by atoms with E-state index < -0.39 is 0 Å². The number of benzene rings is 2. The second-order valence-corrected chi connectivity index (χ2v) is 6.29. The first kappa shape index (κ1) is 18.9. The largest absolute Gasteiger partial charge is 0.507 e. The summed E-state index contributed by atoms with van der Waals surface area (Å²) in [5.41, 5.74) is 2.67. The molecule has 0 saturated carbocycles. The third kappa shape index (κ3) is 3.94. The molecule has 140 valence electrons. The number of allylic oxidation sites excluding steroid dienone is 2. The van der Waals surface area contributed by atoms with Crippen molar-refractivity contribution >= 4 is 17.8 Å². The van der Waals surface area contributed by atoms with E-state index in [0.717, 1.165) is 16.9 Å².